The van der Waals surface area contributed by atoms with Crippen molar-refractivity contribution in [1.82, 2.24) is 9.36 Å². The molecule has 0 radical (unpaired) electrons. The van der Waals surface area contributed by atoms with Crippen LogP contribution in [0, 0.1) is 6.92 Å². The van der Waals surface area contributed by atoms with E-state index in [4.69, 9.17) is 4.74 Å². The molecule has 7 heteroatoms. The molecule has 1 amide bonds. The van der Waals surface area contributed by atoms with E-state index < -0.39 is 23.9 Å². The van der Waals surface area contributed by atoms with E-state index in [9.17, 15) is 14.4 Å². The highest BCUT2D eigenvalue weighted by molar-refractivity contribution is 5.94. The average molecular weight is 407 g/mol. The van der Waals surface area contributed by atoms with Crippen molar-refractivity contribution in [3.8, 4) is 5.69 Å². The Morgan fingerprint density at radius 1 is 1.00 bits per heavy atom. The van der Waals surface area contributed by atoms with Crippen LogP contribution in [0.2, 0.25) is 0 Å². The number of carbonyl (C=O) groups excluding carboxylic acids is 2. The number of amides is 1. The van der Waals surface area contributed by atoms with Gasteiger partial charge in [-0.2, -0.15) is 0 Å². The fourth-order valence-corrected chi connectivity index (χ4v) is 3.17. The molecule has 2 aromatic carbocycles. The van der Waals surface area contributed by atoms with Gasteiger partial charge in [-0.15, -0.1) is 0 Å². The van der Waals surface area contributed by atoms with Crippen LogP contribution in [0.25, 0.3) is 5.69 Å². The number of rotatable bonds is 6. The lowest BCUT2D eigenvalue weighted by atomic mass is 9.85. The maximum Gasteiger partial charge on any atom is 0.316 e. The zero-order chi connectivity index (χ0) is 21.9. The molecule has 0 saturated carbocycles. The minimum absolute atomic E-state index is 0.157. The highest BCUT2D eigenvalue weighted by Gasteiger charge is 2.32. The van der Waals surface area contributed by atoms with Crippen molar-refractivity contribution in [2.45, 2.75) is 26.2 Å². The molecule has 30 heavy (non-hydrogen) atoms. The van der Waals surface area contributed by atoms with Crippen molar-refractivity contribution in [2.24, 2.45) is 7.05 Å². The van der Waals surface area contributed by atoms with Crippen LogP contribution in [0.1, 0.15) is 25.1 Å². The van der Waals surface area contributed by atoms with E-state index in [-0.39, 0.29) is 11.2 Å². The lowest BCUT2D eigenvalue weighted by molar-refractivity contribution is -0.152. The third-order valence-corrected chi connectivity index (χ3v) is 5.16. The van der Waals surface area contributed by atoms with E-state index in [0.29, 0.717) is 11.4 Å². The van der Waals surface area contributed by atoms with Gasteiger partial charge >= 0.3 is 5.97 Å². The smallest absolute Gasteiger partial charge is 0.316 e. The summed E-state index contributed by atoms with van der Waals surface area (Å²) in [5.74, 6) is -1.09. The number of benzene rings is 2. The Morgan fingerprint density at radius 3 is 2.17 bits per heavy atom. The molecule has 1 N–H and O–H groups in total. The number of hydrogen-bond donors (Lipinski definition) is 1. The molecule has 0 spiro atoms. The van der Waals surface area contributed by atoms with Gasteiger partial charge in [-0.25, -0.2) is 4.68 Å². The Kier molecular flexibility index (Phi) is 5.91. The van der Waals surface area contributed by atoms with Crippen LogP contribution in [0.3, 0.4) is 0 Å². The first-order valence-corrected chi connectivity index (χ1v) is 9.60. The summed E-state index contributed by atoms with van der Waals surface area (Å²) in [5, 5.41) is 2.59. The Labute approximate surface area is 174 Å². The first kappa shape index (κ1) is 21.1. The monoisotopic (exact) mass is 407 g/mol. The Bertz CT molecular complexity index is 1110. The van der Waals surface area contributed by atoms with Gasteiger partial charge in [0.05, 0.1) is 16.8 Å². The first-order chi connectivity index (χ1) is 14.2. The summed E-state index contributed by atoms with van der Waals surface area (Å²) in [6.07, 6.45) is 0. The molecule has 3 aromatic rings. The Morgan fingerprint density at radius 2 is 1.57 bits per heavy atom. The van der Waals surface area contributed by atoms with E-state index in [0.717, 1.165) is 5.56 Å². The lowest BCUT2D eigenvalue weighted by Crippen LogP contribution is -2.34. The summed E-state index contributed by atoms with van der Waals surface area (Å²) in [7, 11) is 1.74. The van der Waals surface area contributed by atoms with E-state index in [1.807, 2.05) is 48.5 Å². The second-order valence-corrected chi connectivity index (χ2v) is 7.55. The topological polar surface area (TPSA) is 82.3 Å². The molecular weight excluding hydrogens is 382 g/mol. The van der Waals surface area contributed by atoms with Crippen LogP contribution in [0.15, 0.2) is 65.5 Å². The number of nitrogens with one attached hydrogen (secondary N) is 1. The number of aromatic nitrogens is 2. The number of nitrogens with zero attached hydrogens (tertiary/aromatic N) is 2. The number of hydrogen-bond acceptors (Lipinski definition) is 4. The molecule has 0 fully saturated rings. The van der Waals surface area contributed by atoms with E-state index >= 15 is 0 Å². The van der Waals surface area contributed by atoms with Gasteiger partial charge < -0.3 is 10.1 Å². The molecule has 1 aromatic heterocycles. The fraction of sp³-hybridized carbons (Fsp3) is 0.261. The number of esters is 1. The molecule has 156 valence electrons. The maximum atomic E-state index is 12.8. The predicted molar refractivity (Wildman–Crippen MR) is 115 cm³/mol. The summed E-state index contributed by atoms with van der Waals surface area (Å²) in [5.41, 5.74) is 0.970. The average Bonchev–Trinajstić information content (AvgIpc) is 2.96. The standard InChI is InChI=1S/C23H25N3O4/c1-16-20(21(28)26(25(16)4)18-13-9-6-10-14-18)24-19(27)15-30-22(29)23(2,3)17-11-7-5-8-12-17/h5-14H,15H2,1-4H3,(H,24,27). The van der Waals surface area contributed by atoms with Gasteiger partial charge in [0.15, 0.2) is 6.61 Å². The van der Waals surface area contributed by atoms with Crippen LogP contribution >= 0.6 is 0 Å². The van der Waals surface area contributed by atoms with Gasteiger partial charge in [-0.3, -0.25) is 19.1 Å². The van der Waals surface area contributed by atoms with Crippen LogP contribution in [-0.2, 0) is 26.8 Å². The van der Waals surface area contributed by atoms with Gasteiger partial charge in [-0.1, -0.05) is 48.5 Å². The quantitative estimate of drug-likeness (QED) is 0.637. The minimum Gasteiger partial charge on any atom is -0.455 e. The largest absolute Gasteiger partial charge is 0.455 e. The summed E-state index contributed by atoms with van der Waals surface area (Å²) in [6, 6.07) is 18.3. The summed E-state index contributed by atoms with van der Waals surface area (Å²) >= 11 is 0. The molecule has 0 unspecified atom stereocenters. The first-order valence-electron chi connectivity index (χ1n) is 9.60. The fourth-order valence-electron chi connectivity index (χ4n) is 3.17. The second-order valence-electron chi connectivity index (χ2n) is 7.55. The predicted octanol–water partition coefficient (Wildman–Crippen LogP) is 2.94. The molecule has 0 aliphatic heterocycles. The van der Waals surface area contributed by atoms with E-state index in [2.05, 4.69) is 5.32 Å². The molecule has 3 rings (SSSR count). The van der Waals surface area contributed by atoms with Crippen molar-refractivity contribution >= 4 is 17.6 Å². The molecule has 0 aliphatic rings. The van der Waals surface area contributed by atoms with Gasteiger partial charge in [0.1, 0.15) is 5.69 Å². The second kappa shape index (κ2) is 8.41. The van der Waals surface area contributed by atoms with Gasteiger partial charge in [0.2, 0.25) is 0 Å². The highest BCUT2D eigenvalue weighted by Crippen LogP contribution is 2.24. The van der Waals surface area contributed by atoms with Crippen molar-refractivity contribution in [3.05, 3.63) is 82.3 Å². The van der Waals surface area contributed by atoms with Crippen LogP contribution in [0.4, 0.5) is 5.69 Å². The van der Waals surface area contributed by atoms with Gasteiger partial charge in [-0.05, 0) is 38.5 Å². The number of para-hydroxylation sites is 1. The molecule has 0 saturated heterocycles. The number of anilines is 1. The normalized spacial score (nSPS) is 11.2. The molecule has 1 heterocycles. The summed E-state index contributed by atoms with van der Waals surface area (Å²) < 4.78 is 8.36. The van der Waals surface area contributed by atoms with Gasteiger partial charge in [0, 0.05) is 7.05 Å². The van der Waals surface area contributed by atoms with Crippen molar-refractivity contribution < 1.29 is 14.3 Å². The summed E-state index contributed by atoms with van der Waals surface area (Å²) in [6.45, 7) is 4.74. The Balaban J connectivity index is 1.72. The lowest BCUT2D eigenvalue weighted by Gasteiger charge is -2.22. The van der Waals surface area contributed by atoms with Crippen molar-refractivity contribution in [3.63, 3.8) is 0 Å². The SMILES string of the molecule is Cc1c(NC(=O)COC(=O)C(C)(C)c2ccccc2)c(=O)n(-c2ccccc2)n1C. The molecule has 7 nitrogen and oxygen atoms in total. The zero-order valence-electron chi connectivity index (χ0n) is 17.5. The Hall–Kier alpha value is -3.61. The van der Waals surface area contributed by atoms with Crippen LogP contribution in [0.5, 0.6) is 0 Å². The third kappa shape index (κ3) is 4.05. The highest BCUT2D eigenvalue weighted by atomic mass is 16.5. The van der Waals surface area contributed by atoms with Crippen LogP contribution < -0.4 is 10.9 Å². The minimum atomic E-state index is -0.899. The number of carbonyl (C=O) groups is 2. The number of ether oxygens (including phenoxy) is 1. The molecular formula is C23H25N3O4. The van der Waals surface area contributed by atoms with Gasteiger partial charge in [0.25, 0.3) is 11.5 Å². The third-order valence-electron chi connectivity index (χ3n) is 5.16. The van der Waals surface area contributed by atoms with Crippen molar-refractivity contribution in [2.75, 3.05) is 11.9 Å². The van der Waals surface area contributed by atoms with Crippen molar-refractivity contribution in [1.29, 1.82) is 0 Å². The zero-order valence-corrected chi connectivity index (χ0v) is 17.5. The van der Waals surface area contributed by atoms with E-state index in [1.54, 1.807) is 44.6 Å². The summed E-state index contributed by atoms with van der Waals surface area (Å²) in [4.78, 5) is 37.8. The molecule has 0 aliphatic carbocycles. The molecule has 0 atom stereocenters. The van der Waals surface area contributed by atoms with Crippen LogP contribution in [-0.4, -0.2) is 27.8 Å². The molecule has 0 bridgehead atoms. The maximum absolute atomic E-state index is 12.8. The van der Waals surface area contributed by atoms with E-state index in [1.165, 1.54) is 4.68 Å².